The highest BCUT2D eigenvalue weighted by Crippen LogP contribution is 2.37. The summed E-state index contributed by atoms with van der Waals surface area (Å²) in [4.78, 5) is 0. The standard InChI is InChI=1S/C49H45N/c1-2-8-34(9-3-1)37-14-18-39(19-15-37)46-30-47(40-20-16-38(17-21-40)43-24-22-35-10-4-6-12-41(35)28-43)32-48(31-46)49-27-26-45(33-50-49)44-25-23-36-11-5-7-13-42(36)29-44/h4,6,8,10,12,14-16,18-20,22-32,50H,1-3,5,7,9,11,13,17,21,33H2. The van der Waals surface area contributed by atoms with Crippen LogP contribution in [0.15, 0.2) is 134 Å². The van der Waals surface area contributed by atoms with Gasteiger partial charge < -0.3 is 5.32 Å². The summed E-state index contributed by atoms with van der Waals surface area (Å²) in [6.45, 7) is 0.842. The van der Waals surface area contributed by atoms with E-state index in [2.05, 4.69) is 139 Å². The number of aryl methyl sites for hydroxylation is 2. The molecule has 0 fully saturated rings. The van der Waals surface area contributed by atoms with E-state index in [1.54, 1.807) is 11.1 Å². The number of hydrogen-bond donors (Lipinski definition) is 1. The highest BCUT2D eigenvalue weighted by molar-refractivity contribution is 5.89. The van der Waals surface area contributed by atoms with Crippen molar-refractivity contribution in [2.75, 3.05) is 6.54 Å². The average molecular weight is 648 g/mol. The van der Waals surface area contributed by atoms with Crippen LogP contribution in [0.1, 0.15) is 90.3 Å². The van der Waals surface area contributed by atoms with Crippen LogP contribution in [-0.2, 0) is 12.8 Å². The summed E-state index contributed by atoms with van der Waals surface area (Å²) < 4.78 is 0. The molecular weight excluding hydrogens is 603 g/mol. The molecule has 5 aromatic rings. The van der Waals surface area contributed by atoms with Gasteiger partial charge in [-0.15, -0.1) is 0 Å². The molecule has 1 heteroatoms. The minimum atomic E-state index is 0.842. The fourth-order valence-electron chi connectivity index (χ4n) is 8.44. The number of fused-ring (bicyclic) bond motifs is 2. The number of benzene rings is 5. The molecular formula is C49H45N. The Hall–Kier alpha value is -5.14. The second-order valence-electron chi connectivity index (χ2n) is 14.6. The molecule has 0 bridgehead atoms. The molecule has 0 saturated heterocycles. The third-order valence-electron chi connectivity index (χ3n) is 11.4. The average Bonchev–Trinajstić information content (AvgIpc) is 3.21. The maximum atomic E-state index is 3.82. The van der Waals surface area contributed by atoms with E-state index < -0.39 is 0 Å². The van der Waals surface area contributed by atoms with Crippen molar-refractivity contribution in [1.82, 2.24) is 5.32 Å². The van der Waals surface area contributed by atoms with E-state index in [4.69, 9.17) is 0 Å². The third-order valence-corrected chi connectivity index (χ3v) is 11.4. The molecule has 50 heavy (non-hydrogen) atoms. The Morgan fingerprint density at radius 3 is 1.82 bits per heavy atom. The summed E-state index contributed by atoms with van der Waals surface area (Å²) in [5.74, 6) is 0. The van der Waals surface area contributed by atoms with Crippen molar-refractivity contribution in [1.29, 1.82) is 0 Å². The van der Waals surface area contributed by atoms with Gasteiger partial charge in [0.25, 0.3) is 0 Å². The van der Waals surface area contributed by atoms with Gasteiger partial charge in [-0.3, -0.25) is 0 Å². The molecule has 0 aromatic heterocycles. The first-order valence-corrected chi connectivity index (χ1v) is 18.9. The Kier molecular flexibility index (Phi) is 8.42. The van der Waals surface area contributed by atoms with Crippen LogP contribution in [0.5, 0.6) is 0 Å². The molecule has 0 spiro atoms. The van der Waals surface area contributed by atoms with Gasteiger partial charge in [0.05, 0.1) is 0 Å². The number of allylic oxidation sites excluding steroid dienone is 8. The largest absolute Gasteiger partial charge is 0.380 e. The first kappa shape index (κ1) is 30.9. The van der Waals surface area contributed by atoms with Crippen LogP contribution >= 0.6 is 0 Å². The fraction of sp³-hybridized carbons (Fsp3) is 0.224. The minimum absolute atomic E-state index is 0.842. The molecule has 5 aromatic carbocycles. The van der Waals surface area contributed by atoms with E-state index in [1.165, 1.54) is 129 Å². The second kappa shape index (κ2) is 13.6. The second-order valence-corrected chi connectivity index (χ2v) is 14.6. The van der Waals surface area contributed by atoms with E-state index in [-0.39, 0.29) is 0 Å². The Labute approximate surface area is 297 Å². The normalized spacial score (nSPS) is 17.5. The molecule has 1 aliphatic heterocycles. The van der Waals surface area contributed by atoms with Crippen LogP contribution in [0.2, 0.25) is 0 Å². The van der Waals surface area contributed by atoms with E-state index in [0.717, 1.165) is 19.4 Å². The van der Waals surface area contributed by atoms with Gasteiger partial charge in [0, 0.05) is 12.2 Å². The zero-order valence-electron chi connectivity index (χ0n) is 29.0. The number of hydrogen-bond acceptors (Lipinski definition) is 1. The summed E-state index contributed by atoms with van der Waals surface area (Å²) in [6.07, 6.45) is 24.0. The molecule has 4 aliphatic rings. The van der Waals surface area contributed by atoms with Crippen LogP contribution in [0, 0.1) is 0 Å². The molecule has 1 N–H and O–H groups in total. The first-order valence-electron chi connectivity index (χ1n) is 18.9. The Morgan fingerprint density at radius 1 is 0.380 bits per heavy atom. The van der Waals surface area contributed by atoms with Crippen molar-refractivity contribution in [2.24, 2.45) is 0 Å². The smallest absolute Gasteiger partial charge is 0.0417 e. The molecule has 1 heterocycles. The van der Waals surface area contributed by atoms with Gasteiger partial charge in [0.2, 0.25) is 0 Å². The fourth-order valence-corrected chi connectivity index (χ4v) is 8.44. The number of rotatable bonds is 6. The van der Waals surface area contributed by atoms with Gasteiger partial charge >= 0.3 is 0 Å². The van der Waals surface area contributed by atoms with Crippen molar-refractivity contribution in [2.45, 2.75) is 64.2 Å². The highest BCUT2D eigenvalue weighted by Gasteiger charge is 2.17. The Bertz CT molecular complexity index is 2250. The maximum Gasteiger partial charge on any atom is 0.0417 e. The quantitative estimate of drug-likeness (QED) is 0.193. The highest BCUT2D eigenvalue weighted by atomic mass is 14.9. The molecule has 0 saturated carbocycles. The molecule has 246 valence electrons. The summed E-state index contributed by atoms with van der Waals surface area (Å²) in [5.41, 5.74) is 19.2. The molecule has 9 rings (SSSR count). The van der Waals surface area contributed by atoms with Crippen molar-refractivity contribution in [3.8, 4) is 11.1 Å². The van der Waals surface area contributed by atoms with Crippen LogP contribution in [0.3, 0.4) is 0 Å². The predicted octanol–water partition coefficient (Wildman–Crippen LogP) is 12.6. The van der Waals surface area contributed by atoms with E-state index in [9.17, 15) is 0 Å². The predicted molar refractivity (Wildman–Crippen MR) is 214 cm³/mol. The minimum Gasteiger partial charge on any atom is -0.380 e. The van der Waals surface area contributed by atoms with Gasteiger partial charge in [0.15, 0.2) is 0 Å². The van der Waals surface area contributed by atoms with Gasteiger partial charge in [-0.05, 0) is 178 Å². The number of dihydropyridines is 1. The van der Waals surface area contributed by atoms with Crippen molar-refractivity contribution in [3.05, 3.63) is 172 Å². The van der Waals surface area contributed by atoms with Crippen LogP contribution < -0.4 is 5.32 Å². The first-order chi connectivity index (χ1) is 24.7. The summed E-state index contributed by atoms with van der Waals surface area (Å²) in [7, 11) is 0. The molecule has 0 radical (unpaired) electrons. The summed E-state index contributed by atoms with van der Waals surface area (Å²) >= 11 is 0. The monoisotopic (exact) mass is 647 g/mol. The van der Waals surface area contributed by atoms with E-state index in [1.807, 2.05) is 0 Å². The molecule has 0 amide bonds. The molecule has 0 atom stereocenters. The SMILES string of the molecule is C1=C(c2ccc(-c3cc(C4=CC=C(c5ccc6ccccc6c5)CC4)cc(C4=CC=C(c5ccc6c(c5)CCCC6)CN4)c3)cc2)CCCC1. The van der Waals surface area contributed by atoms with Crippen LogP contribution in [-0.4, -0.2) is 6.54 Å². The Balaban J connectivity index is 1.06. The zero-order chi connectivity index (χ0) is 33.3. The third kappa shape index (κ3) is 6.34. The molecule has 1 nitrogen and oxygen atoms in total. The molecule has 0 unspecified atom stereocenters. The molecule has 3 aliphatic carbocycles. The lowest BCUT2D eigenvalue weighted by atomic mass is 9.86. The lowest BCUT2D eigenvalue weighted by Crippen LogP contribution is -2.18. The maximum absolute atomic E-state index is 3.82. The topological polar surface area (TPSA) is 12.0 Å². The van der Waals surface area contributed by atoms with Crippen LogP contribution in [0.25, 0.3) is 49.9 Å². The van der Waals surface area contributed by atoms with Gasteiger partial charge in [-0.1, -0.05) is 103 Å². The number of nitrogens with one attached hydrogen (secondary N) is 1. The van der Waals surface area contributed by atoms with Crippen molar-refractivity contribution in [3.63, 3.8) is 0 Å². The van der Waals surface area contributed by atoms with Gasteiger partial charge in [-0.2, -0.15) is 0 Å². The van der Waals surface area contributed by atoms with Crippen molar-refractivity contribution >= 4 is 38.8 Å². The van der Waals surface area contributed by atoms with Crippen LogP contribution in [0.4, 0.5) is 0 Å². The van der Waals surface area contributed by atoms with E-state index in [0.29, 0.717) is 0 Å². The lowest BCUT2D eigenvalue weighted by Gasteiger charge is -2.22. The lowest BCUT2D eigenvalue weighted by molar-refractivity contribution is 0.685. The summed E-state index contributed by atoms with van der Waals surface area (Å²) in [5, 5.41) is 6.43. The van der Waals surface area contributed by atoms with E-state index >= 15 is 0 Å². The zero-order valence-corrected chi connectivity index (χ0v) is 29.0. The van der Waals surface area contributed by atoms with Gasteiger partial charge in [0.1, 0.15) is 0 Å². The summed E-state index contributed by atoms with van der Waals surface area (Å²) in [6, 6.07) is 39.2. The van der Waals surface area contributed by atoms with Gasteiger partial charge in [-0.25, -0.2) is 0 Å². The Morgan fingerprint density at radius 2 is 1.04 bits per heavy atom. The van der Waals surface area contributed by atoms with Crippen molar-refractivity contribution < 1.29 is 0 Å².